The maximum absolute atomic E-state index is 13.3. The van der Waals surface area contributed by atoms with E-state index < -0.39 is 23.5 Å². The summed E-state index contributed by atoms with van der Waals surface area (Å²) < 4.78 is 11.4. The smallest absolute Gasteiger partial charge is 0.334 e. The van der Waals surface area contributed by atoms with E-state index in [2.05, 4.69) is 17.2 Å². The van der Waals surface area contributed by atoms with Gasteiger partial charge in [0.2, 0.25) is 0 Å². The van der Waals surface area contributed by atoms with Crippen molar-refractivity contribution in [2.75, 3.05) is 13.7 Å². The number of nitrogens with zero attached hydrogens (tertiary/aromatic N) is 1. The van der Waals surface area contributed by atoms with Crippen LogP contribution in [0, 0.1) is 0 Å². The van der Waals surface area contributed by atoms with Crippen molar-refractivity contribution in [3.8, 4) is 0 Å². The number of hydrogen-bond donors (Lipinski definition) is 1. The Balaban J connectivity index is 2.50. The van der Waals surface area contributed by atoms with Gasteiger partial charge in [-0.05, 0) is 42.7 Å². The molecule has 1 aromatic heterocycles. The molecule has 1 N–H and O–H groups in total. The molecule has 1 heterocycles. The standard InChI is InChI=1S/C24H31ClN2O4/c1-4-6-16-31-21(9-5-2)24(23(29)30-3,17-18-11-13-19(25)14-12-18)27-22(28)20-10-7-8-15-26-20/h7-8,10-15,21H,4-6,9,16-17H2,1-3H3,(H,27,28). The molecule has 0 fully saturated rings. The van der Waals surface area contributed by atoms with Crippen LogP contribution in [0.25, 0.3) is 0 Å². The fourth-order valence-corrected chi connectivity index (χ4v) is 3.59. The fourth-order valence-electron chi connectivity index (χ4n) is 3.47. The van der Waals surface area contributed by atoms with Crippen molar-refractivity contribution in [2.24, 2.45) is 0 Å². The van der Waals surface area contributed by atoms with Crippen LogP contribution in [-0.2, 0) is 20.7 Å². The van der Waals surface area contributed by atoms with Crippen molar-refractivity contribution >= 4 is 23.5 Å². The van der Waals surface area contributed by atoms with Crippen molar-refractivity contribution in [1.82, 2.24) is 10.3 Å². The average molecular weight is 447 g/mol. The Bertz CT molecular complexity index is 829. The number of nitrogens with one attached hydrogen (secondary N) is 1. The Hall–Kier alpha value is -2.44. The number of amides is 1. The molecule has 0 radical (unpaired) electrons. The normalized spacial score (nSPS) is 13.8. The summed E-state index contributed by atoms with van der Waals surface area (Å²) in [7, 11) is 1.32. The first-order chi connectivity index (χ1) is 15.0. The SMILES string of the molecule is CCCCOC(CCC)C(Cc1ccc(Cl)cc1)(NC(=O)c1ccccn1)C(=O)OC. The molecular formula is C24H31ClN2O4. The van der Waals surface area contributed by atoms with Crippen LogP contribution in [0.3, 0.4) is 0 Å². The molecule has 6 nitrogen and oxygen atoms in total. The topological polar surface area (TPSA) is 77.5 Å². The summed E-state index contributed by atoms with van der Waals surface area (Å²) >= 11 is 6.04. The summed E-state index contributed by atoms with van der Waals surface area (Å²) in [6, 6.07) is 12.2. The zero-order valence-corrected chi connectivity index (χ0v) is 19.2. The number of pyridine rings is 1. The predicted molar refractivity (Wildman–Crippen MR) is 121 cm³/mol. The lowest BCUT2D eigenvalue weighted by Crippen LogP contribution is -2.64. The fraction of sp³-hybridized carbons (Fsp3) is 0.458. The van der Waals surface area contributed by atoms with Crippen LogP contribution >= 0.6 is 11.6 Å². The Labute approximate surface area is 189 Å². The second-order valence-corrected chi connectivity index (χ2v) is 7.87. The van der Waals surface area contributed by atoms with Crippen LogP contribution in [0.5, 0.6) is 0 Å². The third-order valence-corrected chi connectivity index (χ3v) is 5.35. The zero-order chi connectivity index (χ0) is 22.7. The van der Waals surface area contributed by atoms with Crippen LogP contribution < -0.4 is 5.32 Å². The maximum atomic E-state index is 13.3. The van der Waals surface area contributed by atoms with Crippen LogP contribution in [0.2, 0.25) is 5.02 Å². The highest BCUT2D eigenvalue weighted by molar-refractivity contribution is 6.30. The van der Waals surface area contributed by atoms with Crippen LogP contribution in [-0.4, -0.2) is 42.2 Å². The average Bonchev–Trinajstić information content (AvgIpc) is 2.79. The van der Waals surface area contributed by atoms with E-state index in [1.54, 1.807) is 30.3 Å². The number of esters is 1. The van der Waals surface area contributed by atoms with Gasteiger partial charge in [0.05, 0.1) is 13.2 Å². The summed E-state index contributed by atoms with van der Waals surface area (Å²) in [5.74, 6) is -1.01. The molecule has 0 aliphatic heterocycles. The van der Waals surface area contributed by atoms with Gasteiger partial charge in [-0.3, -0.25) is 9.78 Å². The van der Waals surface area contributed by atoms with Gasteiger partial charge in [-0.25, -0.2) is 4.79 Å². The van der Waals surface area contributed by atoms with Crippen LogP contribution in [0.1, 0.15) is 55.6 Å². The summed E-state index contributed by atoms with van der Waals surface area (Å²) in [5, 5.41) is 3.53. The third kappa shape index (κ3) is 6.77. The number of unbranched alkanes of at least 4 members (excludes halogenated alkanes) is 1. The molecule has 1 aromatic carbocycles. The van der Waals surface area contributed by atoms with Gasteiger partial charge in [0.25, 0.3) is 5.91 Å². The second-order valence-electron chi connectivity index (χ2n) is 7.44. The monoisotopic (exact) mass is 446 g/mol. The van der Waals surface area contributed by atoms with Gasteiger partial charge in [-0.15, -0.1) is 0 Å². The van der Waals surface area contributed by atoms with E-state index in [0.717, 1.165) is 24.8 Å². The first kappa shape index (κ1) is 24.8. The Morgan fingerprint density at radius 3 is 2.45 bits per heavy atom. The molecule has 168 valence electrons. The number of hydrogen-bond acceptors (Lipinski definition) is 5. The number of methoxy groups -OCH3 is 1. The lowest BCUT2D eigenvalue weighted by Gasteiger charge is -2.39. The number of rotatable bonds is 12. The van der Waals surface area contributed by atoms with Crippen LogP contribution in [0.4, 0.5) is 0 Å². The van der Waals surface area contributed by atoms with Gasteiger partial charge < -0.3 is 14.8 Å². The first-order valence-electron chi connectivity index (χ1n) is 10.6. The van der Waals surface area contributed by atoms with Gasteiger partial charge in [-0.1, -0.05) is 56.5 Å². The van der Waals surface area contributed by atoms with Gasteiger partial charge in [0, 0.05) is 24.2 Å². The quantitative estimate of drug-likeness (QED) is 0.380. The highest BCUT2D eigenvalue weighted by atomic mass is 35.5. The van der Waals surface area contributed by atoms with Gasteiger partial charge in [0.15, 0.2) is 5.54 Å². The van der Waals surface area contributed by atoms with E-state index in [-0.39, 0.29) is 12.1 Å². The molecule has 2 rings (SSSR count). The van der Waals surface area contributed by atoms with E-state index in [1.165, 1.54) is 13.3 Å². The Morgan fingerprint density at radius 2 is 1.87 bits per heavy atom. The minimum absolute atomic E-state index is 0.201. The van der Waals surface area contributed by atoms with E-state index in [4.69, 9.17) is 21.1 Å². The third-order valence-electron chi connectivity index (χ3n) is 5.10. The maximum Gasteiger partial charge on any atom is 0.334 e. The number of benzene rings is 1. The van der Waals surface area contributed by atoms with Gasteiger partial charge >= 0.3 is 5.97 Å². The lowest BCUT2D eigenvalue weighted by atomic mass is 9.82. The highest BCUT2D eigenvalue weighted by Crippen LogP contribution is 2.27. The number of halogens is 1. The zero-order valence-electron chi connectivity index (χ0n) is 18.4. The molecule has 0 spiro atoms. The van der Waals surface area contributed by atoms with Crippen molar-refractivity contribution in [2.45, 2.75) is 57.6 Å². The molecule has 2 atom stereocenters. The van der Waals surface area contributed by atoms with Crippen molar-refractivity contribution in [3.05, 3.63) is 64.9 Å². The molecule has 7 heteroatoms. The van der Waals surface area contributed by atoms with E-state index in [1.807, 2.05) is 19.1 Å². The molecule has 0 saturated carbocycles. The summed E-state index contributed by atoms with van der Waals surface area (Å²) in [6.07, 6.45) is 4.33. The molecule has 0 aliphatic rings. The first-order valence-corrected chi connectivity index (χ1v) is 11.0. The lowest BCUT2D eigenvalue weighted by molar-refractivity contribution is -0.156. The minimum Gasteiger partial charge on any atom is -0.467 e. The van der Waals surface area contributed by atoms with Crippen molar-refractivity contribution in [3.63, 3.8) is 0 Å². The molecular weight excluding hydrogens is 416 g/mol. The van der Waals surface area contributed by atoms with Crippen molar-refractivity contribution in [1.29, 1.82) is 0 Å². The number of carbonyl (C=O) groups is 2. The summed E-state index contributed by atoms with van der Waals surface area (Å²) in [6.45, 7) is 4.57. The number of ether oxygens (including phenoxy) is 2. The van der Waals surface area contributed by atoms with Crippen LogP contribution in [0.15, 0.2) is 48.7 Å². The molecule has 0 aliphatic carbocycles. The van der Waals surface area contributed by atoms with Gasteiger partial charge in [0.1, 0.15) is 5.69 Å². The highest BCUT2D eigenvalue weighted by Gasteiger charge is 2.49. The van der Waals surface area contributed by atoms with E-state index in [9.17, 15) is 9.59 Å². The summed E-state index contributed by atoms with van der Waals surface area (Å²) in [4.78, 5) is 30.5. The molecule has 2 aromatic rings. The van der Waals surface area contributed by atoms with Gasteiger partial charge in [-0.2, -0.15) is 0 Å². The summed E-state index contributed by atoms with van der Waals surface area (Å²) in [5.41, 5.74) is -0.368. The molecule has 0 bridgehead atoms. The largest absolute Gasteiger partial charge is 0.467 e. The molecule has 31 heavy (non-hydrogen) atoms. The minimum atomic E-state index is -1.42. The second kappa shape index (κ2) is 12.4. The predicted octanol–water partition coefficient (Wildman–Crippen LogP) is 4.60. The van der Waals surface area contributed by atoms with Crippen molar-refractivity contribution < 1.29 is 19.1 Å². The Kier molecular flexibility index (Phi) is 9.95. The number of aromatic nitrogens is 1. The molecule has 2 unspecified atom stereocenters. The Morgan fingerprint density at radius 1 is 1.13 bits per heavy atom. The number of carbonyl (C=O) groups excluding carboxylic acids is 2. The molecule has 1 amide bonds. The molecule has 0 saturated heterocycles. The van der Waals surface area contributed by atoms with E-state index in [0.29, 0.717) is 18.1 Å². The van der Waals surface area contributed by atoms with E-state index >= 15 is 0 Å².